The lowest BCUT2D eigenvalue weighted by atomic mass is 9.80. The Kier molecular flexibility index (Phi) is 6.23. The molecular weight excluding hydrogens is 336 g/mol. The largest absolute Gasteiger partial charge is 0.493 e. The highest BCUT2D eigenvalue weighted by Crippen LogP contribution is 2.43. The molecule has 26 heavy (non-hydrogen) atoms. The standard InChI is InChI=1S/C20H24O6/c1-13(21)20(22,16-9-7-6-8-14(16)12-23-2)15-10-17(24-3)19(26-5)18(11-15)25-4/h6-11,22H,12H2,1-5H3. The molecule has 140 valence electrons. The van der Waals surface area contributed by atoms with E-state index >= 15 is 0 Å². The topological polar surface area (TPSA) is 74.2 Å². The van der Waals surface area contributed by atoms with Gasteiger partial charge in [0, 0.05) is 18.2 Å². The number of hydrogen-bond donors (Lipinski definition) is 1. The number of carbonyl (C=O) groups is 1. The van der Waals surface area contributed by atoms with Gasteiger partial charge >= 0.3 is 0 Å². The van der Waals surface area contributed by atoms with Crippen LogP contribution >= 0.6 is 0 Å². The lowest BCUT2D eigenvalue weighted by Crippen LogP contribution is -2.36. The summed E-state index contributed by atoms with van der Waals surface area (Å²) in [5, 5.41) is 11.5. The van der Waals surface area contributed by atoms with E-state index in [2.05, 4.69) is 0 Å². The first-order valence-corrected chi connectivity index (χ1v) is 8.05. The van der Waals surface area contributed by atoms with Crippen molar-refractivity contribution in [2.24, 2.45) is 0 Å². The van der Waals surface area contributed by atoms with Crippen molar-refractivity contribution < 1.29 is 28.8 Å². The number of aliphatic hydroxyl groups is 1. The van der Waals surface area contributed by atoms with Crippen molar-refractivity contribution in [2.45, 2.75) is 19.1 Å². The van der Waals surface area contributed by atoms with E-state index in [4.69, 9.17) is 18.9 Å². The van der Waals surface area contributed by atoms with Gasteiger partial charge in [0.25, 0.3) is 0 Å². The molecule has 0 fully saturated rings. The summed E-state index contributed by atoms with van der Waals surface area (Å²) in [7, 11) is 6.01. The number of Topliss-reactive ketones (excluding diaryl/α,β-unsaturated/α-hetero) is 1. The van der Waals surface area contributed by atoms with Gasteiger partial charge in [-0.1, -0.05) is 24.3 Å². The molecule has 2 aromatic carbocycles. The number of ether oxygens (including phenoxy) is 4. The fraction of sp³-hybridized carbons (Fsp3) is 0.350. The second kappa shape index (κ2) is 8.21. The van der Waals surface area contributed by atoms with Gasteiger partial charge < -0.3 is 24.1 Å². The van der Waals surface area contributed by atoms with Crippen LogP contribution in [0.5, 0.6) is 17.2 Å². The molecule has 6 heteroatoms. The van der Waals surface area contributed by atoms with Crippen LogP contribution in [0.2, 0.25) is 0 Å². The molecule has 0 radical (unpaired) electrons. The van der Waals surface area contributed by atoms with Gasteiger partial charge in [-0.15, -0.1) is 0 Å². The Hall–Kier alpha value is -2.57. The van der Waals surface area contributed by atoms with Gasteiger partial charge in [-0.3, -0.25) is 4.79 Å². The molecule has 0 saturated carbocycles. The lowest BCUT2D eigenvalue weighted by Gasteiger charge is -2.29. The van der Waals surface area contributed by atoms with Crippen molar-refractivity contribution >= 4 is 5.78 Å². The van der Waals surface area contributed by atoms with Gasteiger partial charge in [0.2, 0.25) is 5.75 Å². The molecular formula is C20H24O6. The highest BCUT2D eigenvalue weighted by molar-refractivity contribution is 5.90. The fourth-order valence-electron chi connectivity index (χ4n) is 2.99. The van der Waals surface area contributed by atoms with Gasteiger partial charge in [-0.05, 0) is 24.6 Å². The summed E-state index contributed by atoms with van der Waals surface area (Å²) in [6, 6.07) is 10.3. The van der Waals surface area contributed by atoms with Crippen LogP contribution in [0, 0.1) is 0 Å². The zero-order valence-corrected chi connectivity index (χ0v) is 15.7. The van der Waals surface area contributed by atoms with Crippen molar-refractivity contribution in [1.29, 1.82) is 0 Å². The third kappa shape index (κ3) is 3.38. The maximum absolute atomic E-state index is 12.6. The predicted molar refractivity (Wildman–Crippen MR) is 96.9 cm³/mol. The summed E-state index contributed by atoms with van der Waals surface area (Å²) in [5.41, 5.74) is -0.407. The molecule has 6 nitrogen and oxygen atoms in total. The number of carbonyl (C=O) groups excluding carboxylic acids is 1. The molecule has 0 spiro atoms. The second-order valence-corrected chi connectivity index (χ2v) is 5.77. The molecule has 1 N–H and O–H groups in total. The Bertz CT molecular complexity index is 761. The van der Waals surface area contributed by atoms with E-state index in [1.54, 1.807) is 31.4 Å². The maximum Gasteiger partial charge on any atom is 0.203 e. The van der Waals surface area contributed by atoms with Crippen LogP contribution in [0.4, 0.5) is 0 Å². The molecule has 0 bridgehead atoms. The van der Waals surface area contributed by atoms with E-state index in [1.165, 1.54) is 28.3 Å². The summed E-state index contributed by atoms with van der Waals surface area (Å²) in [5.74, 6) is 0.654. The van der Waals surface area contributed by atoms with Crippen LogP contribution < -0.4 is 14.2 Å². The fourth-order valence-corrected chi connectivity index (χ4v) is 2.99. The molecule has 0 saturated heterocycles. The number of benzene rings is 2. The molecule has 0 amide bonds. The quantitative estimate of drug-likeness (QED) is 0.780. The highest BCUT2D eigenvalue weighted by Gasteiger charge is 2.40. The monoisotopic (exact) mass is 360 g/mol. The van der Waals surface area contributed by atoms with Crippen molar-refractivity contribution in [3.63, 3.8) is 0 Å². The minimum atomic E-state index is -1.89. The Morgan fingerprint density at radius 3 is 2.04 bits per heavy atom. The Morgan fingerprint density at radius 1 is 1.00 bits per heavy atom. The van der Waals surface area contributed by atoms with Crippen molar-refractivity contribution in [3.05, 3.63) is 53.1 Å². The van der Waals surface area contributed by atoms with E-state index in [0.717, 1.165) is 0 Å². The van der Waals surface area contributed by atoms with E-state index in [-0.39, 0.29) is 6.61 Å². The van der Waals surface area contributed by atoms with E-state index in [9.17, 15) is 9.90 Å². The van der Waals surface area contributed by atoms with Crippen molar-refractivity contribution in [3.8, 4) is 17.2 Å². The molecule has 0 aromatic heterocycles. The molecule has 0 aliphatic rings. The summed E-state index contributed by atoms with van der Waals surface area (Å²) < 4.78 is 21.2. The van der Waals surface area contributed by atoms with E-state index in [0.29, 0.717) is 33.9 Å². The average Bonchev–Trinajstić information content (AvgIpc) is 2.66. The highest BCUT2D eigenvalue weighted by atomic mass is 16.5. The summed E-state index contributed by atoms with van der Waals surface area (Å²) in [4.78, 5) is 12.6. The summed E-state index contributed by atoms with van der Waals surface area (Å²) >= 11 is 0. The summed E-state index contributed by atoms with van der Waals surface area (Å²) in [6.45, 7) is 1.60. The van der Waals surface area contributed by atoms with Gasteiger partial charge in [-0.25, -0.2) is 0 Å². The smallest absolute Gasteiger partial charge is 0.203 e. The Labute approximate surface area is 153 Å². The van der Waals surface area contributed by atoms with Gasteiger partial charge in [0.1, 0.15) is 0 Å². The minimum absolute atomic E-state index is 0.260. The van der Waals surface area contributed by atoms with Gasteiger partial charge in [0.05, 0.1) is 27.9 Å². The number of methoxy groups -OCH3 is 4. The third-order valence-electron chi connectivity index (χ3n) is 4.30. The first-order valence-electron chi connectivity index (χ1n) is 8.05. The number of ketones is 1. The summed E-state index contributed by atoms with van der Waals surface area (Å²) in [6.07, 6.45) is 0. The van der Waals surface area contributed by atoms with Crippen molar-refractivity contribution in [2.75, 3.05) is 28.4 Å². The molecule has 2 aromatic rings. The normalized spacial score (nSPS) is 13.0. The van der Waals surface area contributed by atoms with Gasteiger partial charge in [0.15, 0.2) is 22.9 Å². The van der Waals surface area contributed by atoms with Gasteiger partial charge in [-0.2, -0.15) is 0 Å². The average molecular weight is 360 g/mol. The molecule has 0 aliphatic carbocycles. The molecule has 2 rings (SSSR count). The van der Waals surface area contributed by atoms with Crippen LogP contribution in [-0.2, 0) is 21.7 Å². The maximum atomic E-state index is 12.6. The Balaban J connectivity index is 2.77. The first-order chi connectivity index (χ1) is 12.4. The SMILES string of the molecule is COCc1ccccc1C(O)(C(C)=O)c1cc(OC)c(OC)c(OC)c1. The van der Waals surface area contributed by atoms with Crippen LogP contribution in [0.25, 0.3) is 0 Å². The Morgan fingerprint density at radius 2 is 1.58 bits per heavy atom. The van der Waals surface area contributed by atoms with Crippen LogP contribution in [-0.4, -0.2) is 39.3 Å². The molecule has 1 atom stereocenters. The predicted octanol–water partition coefficient (Wildman–Crippen LogP) is 2.68. The van der Waals surface area contributed by atoms with Crippen molar-refractivity contribution in [1.82, 2.24) is 0 Å². The number of hydrogen-bond acceptors (Lipinski definition) is 6. The second-order valence-electron chi connectivity index (χ2n) is 5.77. The molecule has 0 aliphatic heterocycles. The first kappa shape index (κ1) is 19.8. The molecule has 0 heterocycles. The zero-order chi connectivity index (χ0) is 19.3. The van der Waals surface area contributed by atoms with E-state index in [1.807, 2.05) is 12.1 Å². The minimum Gasteiger partial charge on any atom is -0.493 e. The zero-order valence-electron chi connectivity index (χ0n) is 15.7. The van der Waals surface area contributed by atoms with E-state index < -0.39 is 11.4 Å². The van der Waals surface area contributed by atoms with Crippen LogP contribution in [0.15, 0.2) is 36.4 Å². The lowest BCUT2D eigenvalue weighted by molar-refractivity contribution is -0.132. The molecule has 1 unspecified atom stereocenters. The number of rotatable bonds is 8. The van der Waals surface area contributed by atoms with Crippen LogP contribution in [0.3, 0.4) is 0 Å². The third-order valence-corrected chi connectivity index (χ3v) is 4.30. The van der Waals surface area contributed by atoms with Crippen LogP contribution in [0.1, 0.15) is 23.6 Å².